The highest BCUT2D eigenvalue weighted by atomic mass is 35.5. The molecule has 0 unspecified atom stereocenters. The fraction of sp³-hybridized carbons (Fsp3) is 0.222. The van der Waals surface area contributed by atoms with E-state index in [4.69, 9.17) is 21.8 Å². The van der Waals surface area contributed by atoms with Crippen molar-refractivity contribution in [1.29, 1.82) is 0 Å². The Kier molecular flexibility index (Phi) is 5.10. The highest BCUT2D eigenvalue weighted by molar-refractivity contribution is 8.00. The molecule has 1 aliphatic rings. The maximum absolute atomic E-state index is 13.1. The van der Waals surface area contributed by atoms with Crippen molar-refractivity contribution in [3.05, 3.63) is 59.0 Å². The summed E-state index contributed by atoms with van der Waals surface area (Å²) in [5.74, 6) is 0.721. The molecule has 1 aliphatic heterocycles. The predicted molar refractivity (Wildman–Crippen MR) is 107 cm³/mol. The van der Waals surface area contributed by atoms with Crippen LogP contribution < -0.4 is 5.73 Å². The van der Waals surface area contributed by atoms with Crippen molar-refractivity contribution in [2.24, 2.45) is 5.10 Å². The number of nitrogens with zero attached hydrogens (tertiary/aromatic N) is 4. The molecule has 0 radical (unpaired) electrons. The van der Waals surface area contributed by atoms with Crippen LogP contribution in [0, 0.1) is 0 Å². The van der Waals surface area contributed by atoms with Crippen LogP contribution in [0.2, 0.25) is 5.02 Å². The largest absolute Gasteiger partial charge is 0.467 e. The van der Waals surface area contributed by atoms with Gasteiger partial charge in [-0.05, 0) is 36.8 Å². The first-order valence-corrected chi connectivity index (χ1v) is 9.81. The number of hydrogen-bond acceptors (Lipinski definition) is 7. The van der Waals surface area contributed by atoms with Gasteiger partial charge in [-0.15, -0.1) is 5.10 Å². The van der Waals surface area contributed by atoms with Gasteiger partial charge in [0.05, 0.1) is 17.2 Å². The van der Waals surface area contributed by atoms with Gasteiger partial charge in [-0.3, -0.25) is 4.79 Å². The molecule has 10 heteroatoms. The zero-order valence-corrected chi connectivity index (χ0v) is 16.4. The van der Waals surface area contributed by atoms with E-state index in [-0.39, 0.29) is 17.9 Å². The summed E-state index contributed by atoms with van der Waals surface area (Å²) in [4.78, 5) is 17.2. The maximum Gasteiger partial charge on any atom is 0.256 e. The number of aromatic amines is 1. The minimum Gasteiger partial charge on any atom is -0.467 e. The van der Waals surface area contributed by atoms with Crippen LogP contribution in [0.15, 0.2) is 57.3 Å². The van der Waals surface area contributed by atoms with Gasteiger partial charge in [-0.2, -0.15) is 10.1 Å². The van der Waals surface area contributed by atoms with Crippen LogP contribution in [-0.2, 0) is 4.79 Å². The number of nitrogens with two attached hydrogens (primary N) is 1. The second-order valence-corrected chi connectivity index (χ2v) is 7.98. The number of amides is 1. The number of rotatable bonds is 5. The first-order valence-electron chi connectivity index (χ1n) is 8.55. The number of hydrogen-bond donors (Lipinski definition) is 2. The molecule has 8 nitrogen and oxygen atoms in total. The van der Waals surface area contributed by atoms with Gasteiger partial charge < -0.3 is 10.2 Å². The molecule has 0 fully saturated rings. The Morgan fingerprint density at radius 2 is 2.18 bits per heavy atom. The van der Waals surface area contributed by atoms with E-state index in [0.29, 0.717) is 22.4 Å². The van der Waals surface area contributed by atoms with Gasteiger partial charge in [0.25, 0.3) is 5.91 Å². The van der Waals surface area contributed by atoms with E-state index in [0.717, 1.165) is 11.3 Å². The standard InChI is InChI=1S/C18H17ClN6O2S/c1-10(28-18-21-17(20)22-23-18)16(26)25-14(15-3-2-8-27-15)9-13(24-25)11-4-6-12(19)7-5-11/h2-8,10,14H,9H2,1H3,(H3,20,21,22,23)/t10-,14-/m0/s1. The lowest BCUT2D eigenvalue weighted by atomic mass is 10.0. The monoisotopic (exact) mass is 416 g/mol. The smallest absolute Gasteiger partial charge is 0.256 e. The van der Waals surface area contributed by atoms with Crippen molar-refractivity contribution in [2.75, 3.05) is 5.73 Å². The van der Waals surface area contributed by atoms with Crippen molar-refractivity contribution >= 4 is 40.9 Å². The molecule has 2 atom stereocenters. The normalized spacial score (nSPS) is 17.6. The Bertz CT molecular complexity index is 1000. The van der Waals surface area contributed by atoms with Crippen LogP contribution in [0.4, 0.5) is 5.95 Å². The van der Waals surface area contributed by atoms with E-state index in [1.54, 1.807) is 31.4 Å². The topological polar surface area (TPSA) is 113 Å². The summed E-state index contributed by atoms with van der Waals surface area (Å²) >= 11 is 7.20. The number of nitrogens with one attached hydrogen (secondary N) is 1. The highest BCUT2D eigenvalue weighted by Crippen LogP contribution is 2.35. The van der Waals surface area contributed by atoms with Crippen molar-refractivity contribution in [3.63, 3.8) is 0 Å². The Labute approximate surface area is 170 Å². The first-order chi connectivity index (χ1) is 13.5. The maximum atomic E-state index is 13.1. The molecular weight excluding hydrogens is 400 g/mol. The summed E-state index contributed by atoms with van der Waals surface area (Å²) < 4.78 is 5.56. The lowest BCUT2D eigenvalue weighted by Gasteiger charge is -2.22. The molecule has 1 aromatic carbocycles. The summed E-state index contributed by atoms with van der Waals surface area (Å²) in [6.45, 7) is 1.79. The quantitative estimate of drug-likeness (QED) is 0.615. The Morgan fingerprint density at radius 3 is 2.82 bits per heavy atom. The molecule has 3 N–H and O–H groups in total. The number of carbonyl (C=O) groups is 1. The molecule has 0 saturated heterocycles. The van der Waals surface area contributed by atoms with Gasteiger partial charge in [0.1, 0.15) is 11.8 Å². The van der Waals surface area contributed by atoms with E-state index >= 15 is 0 Å². The van der Waals surface area contributed by atoms with Crippen molar-refractivity contribution < 1.29 is 9.21 Å². The van der Waals surface area contributed by atoms with Crippen LogP contribution in [-0.4, -0.2) is 37.1 Å². The molecule has 0 aliphatic carbocycles. The fourth-order valence-corrected chi connectivity index (χ4v) is 3.84. The SMILES string of the molecule is C[C@H](Sc1n[nH]c(N)n1)C(=O)N1N=C(c2ccc(Cl)cc2)C[C@H]1c1ccco1. The van der Waals surface area contributed by atoms with E-state index in [2.05, 4.69) is 20.3 Å². The number of H-pyrrole nitrogens is 1. The number of carbonyl (C=O) groups excluding carboxylic acids is 1. The number of halogens is 1. The summed E-state index contributed by atoms with van der Waals surface area (Å²) in [7, 11) is 0. The molecule has 3 heterocycles. The van der Waals surface area contributed by atoms with Crippen molar-refractivity contribution in [3.8, 4) is 0 Å². The third-order valence-corrected chi connectivity index (χ3v) is 5.50. The number of thioether (sulfide) groups is 1. The summed E-state index contributed by atoms with van der Waals surface area (Å²) in [6, 6.07) is 10.7. The van der Waals surface area contributed by atoms with Crippen LogP contribution in [0.25, 0.3) is 0 Å². The van der Waals surface area contributed by atoms with Crippen LogP contribution in [0.3, 0.4) is 0 Å². The van der Waals surface area contributed by atoms with Gasteiger partial charge in [-0.25, -0.2) is 10.1 Å². The zero-order valence-electron chi connectivity index (χ0n) is 14.9. The molecule has 28 heavy (non-hydrogen) atoms. The number of hydrazone groups is 1. The average molecular weight is 417 g/mol. The molecule has 4 rings (SSSR count). The Morgan fingerprint density at radius 1 is 1.39 bits per heavy atom. The second kappa shape index (κ2) is 7.69. The Balaban J connectivity index is 1.60. The predicted octanol–water partition coefficient (Wildman–Crippen LogP) is 3.49. The van der Waals surface area contributed by atoms with Gasteiger partial charge >= 0.3 is 0 Å². The molecule has 0 saturated carbocycles. The van der Waals surface area contributed by atoms with Crippen LogP contribution >= 0.6 is 23.4 Å². The average Bonchev–Trinajstić information content (AvgIpc) is 3.42. The van der Waals surface area contributed by atoms with Gasteiger partial charge in [-0.1, -0.05) is 35.5 Å². The molecule has 0 bridgehead atoms. The molecule has 0 spiro atoms. The molecule has 144 valence electrons. The van der Waals surface area contributed by atoms with E-state index in [9.17, 15) is 4.79 Å². The van der Waals surface area contributed by atoms with E-state index in [1.165, 1.54) is 16.8 Å². The van der Waals surface area contributed by atoms with Crippen LogP contribution in [0.1, 0.15) is 30.7 Å². The van der Waals surface area contributed by atoms with E-state index < -0.39 is 5.25 Å². The summed E-state index contributed by atoms with van der Waals surface area (Å²) in [6.07, 6.45) is 2.14. The van der Waals surface area contributed by atoms with Crippen LogP contribution in [0.5, 0.6) is 0 Å². The van der Waals surface area contributed by atoms with Gasteiger partial charge in [0, 0.05) is 11.4 Å². The van der Waals surface area contributed by atoms with Crippen molar-refractivity contribution in [1.82, 2.24) is 20.2 Å². The zero-order chi connectivity index (χ0) is 19.7. The molecular formula is C18H17ClN6O2S. The Hall–Kier alpha value is -2.78. The minimum absolute atomic E-state index is 0.168. The van der Waals surface area contributed by atoms with Crippen molar-refractivity contribution in [2.45, 2.75) is 29.8 Å². The lowest BCUT2D eigenvalue weighted by molar-refractivity contribution is -0.132. The third kappa shape index (κ3) is 3.76. The summed E-state index contributed by atoms with van der Waals surface area (Å²) in [5, 5.41) is 13.2. The van der Waals surface area contributed by atoms with Gasteiger partial charge in [0.2, 0.25) is 11.1 Å². The lowest BCUT2D eigenvalue weighted by Crippen LogP contribution is -2.33. The third-order valence-electron chi connectivity index (χ3n) is 4.30. The molecule has 1 amide bonds. The second-order valence-electron chi connectivity index (χ2n) is 6.24. The molecule has 3 aromatic rings. The summed E-state index contributed by atoms with van der Waals surface area (Å²) in [5.41, 5.74) is 7.26. The number of furan rings is 1. The minimum atomic E-state index is -0.457. The number of benzene rings is 1. The highest BCUT2D eigenvalue weighted by Gasteiger charge is 2.37. The van der Waals surface area contributed by atoms with Gasteiger partial charge in [0.15, 0.2) is 0 Å². The first kappa shape index (κ1) is 18.6. The fourth-order valence-electron chi connectivity index (χ4n) is 2.94. The number of aromatic nitrogens is 3. The van der Waals surface area contributed by atoms with E-state index in [1.807, 2.05) is 18.2 Å². The number of nitrogen functional groups attached to an aromatic ring is 1. The number of anilines is 1. The molecule has 2 aromatic heterocycles.